The van der Waals surface area contributed by atoms with E-state index in [9.17, 15) is 9.90 Å². The summed E-state index contributed by atoms with van der Waals surface area (Å²) in [5.41, 5.74) is 7.19. The number of carbonyl (C=O) groups excluding carboxylic acids is 1. The fourth-order valence-electron chi connectivity index (χ4n) is 1.70. The van der Waals surface area contributed by atoms with Crippen LogP contribution in [-0.4, -0.2) is 17.1 Å². The molecule has 1 aromatic rings. The van der Waals surface area contributed by atoms with Crippen LogP contribution >= 0.6 is 0 Å². The standard InChI is InChI=1S/C14H22N2O2/c1-3-11-7-8-13(17)12(9-11)16-14(18)6-4-5-10(2)15/h7-10,17H,3-6,15H2,1-2H3,(H,16,18). The highest BCUT2D eigenvalue weighted by Crippen LogP contribution is 2.24. The molecule has 0 heterocycles. The van der Waals surface area contributed by atoms with Gasteiger partial charge >= 0.3 is 0 Å². The highest BCUT2D eigenvalue weighted by molar-refractivity contribution is 5.92. The van der Waals surface area contributed by atoms with E-state index >= 15 is 0 Å². The zero-order valence-electron chi connectivity index (χ0n) is 11.1. The number of phenolic OH excluding ortho intramolecular Hbond substituents is 1. The van der Waals surface area contributed by atoms with E-state index in [2.05, 4.69) is 5.32 Å². The normalized spacial score (nSPS) is 12.2. The summed E-state index contributed by atoms with van der Waals surface area (Å²) in [7, 11) is 0. The predicted molar refractivity (Wildman–Crippen MR) is 73.6 cm³/mol. The maximum absolute atomic E-state index is 11.7. The number of phenols is 1. The van der Waals surface area contributed by atoms with Gasteiger partial charge < -0.3 is 16.2 Å². The molecular formula is C14H22N2O2. The topological polar surface area (TPSA) is 75.3 Å². The average molecular weight is 250 g/mol. The number of amides is 1. The monoisotopic (exact) mass is 250 g/mol. The molecule has 0 bridgehead atoms. The van der Waals surface area contributed by atoms with Crippen molar-refractivity contribution in [1.29, 1.82) is 0 Å². The molecule has 0 aliphatic carbocycles. The molecule has 1 aromatic carbocycles. The maximum atomic E-state index is 11.7. The van der Waals surface area contributed by atoms with Gasteiger partial charge in [-0.05, 0) is 43.9 Å². The number of anilines is 1. The molecule has 1 atom stereocenters. The Labute approximate surface area is 108 Å². The van der Waals surface area contributed by atoms with Gasteiger partial charge in [0.05, 0.1) is 5.69 Å². The number of carbonyl (C=O) groups is 1. The second-order valence-electron chi connectivity index (χ2n) is 4.62. The zero-order valence-corrected chi connectivity index (χ0v) is 11.1. The number of nitrogens with one attached hydrogen (secondary N) is 1. The second-order valence-corrected chi connectivity index (χ2v) is 4.62. The largest absolute Gasteiger partial charge is 0.506 e. The van der Waals surface area contributed by atoms with Gasteiger partial charge in [0.1, 0.15) is 5.75 Å². The fraction of sp³-hybridized carbons (Fsp3) is 0.500. The molecule has 0 spiro atoms. The highest BCUT2D eigenvalue weighted by atomic mass is 16.3. The van der Waals surface area contributed by atoms with Gasteiger partial charge in [0.2, 0.25) is 5.91 Å². The Morgan fingerprint density at radius 3 is 2.83 bits per heavy atom. The van der Waals surface area contributed by atoms with Crippen LogP contribution in [0.2, 0.25) is 0 Å². The number of nitrogens with two attached hydrogens (primary N) is 1. The van der Waals surface area contributed by atoms with Crippen molar-refractivity contribution in [3.8, 4) is 5.75 Å². The molecule has 0 aliphatic heterocycles. The SMILES string of the molecule is CCc1ccc(O)c(NC(=O)CCCC(C)N)c1. The molecule has 1 unspecified atom stereocenters. The van der Waals surface area contributed by atoms with Gasteiger partial charge in [-0.3, -0.25) is 4.79 Å². The lowest BCUT2D eigenvalue weighted by Gasteiger charge is -2.09. The van der Waals surface area contributed by atoms with E-state index in [1.165, 1.54) is 0 Å². The van der Waals surface area contributed by atoms with Gasteiger partial charge in [-0.15, -0.1) is 0 Å². The van der Waals surface area contributed by atoms with E-state index in [1.807, 2.05) is 19.9 Å². The minimum atomic E-state index is -0.0841. The van der Waals surface area contributed by atoms with E-state index < -0.39 is 0 Å². The van der Waals surface area contributed by atoms with Crippen molar-refractivity contribution in [1.82, 2.24) is 0 Å². The molecule has 4 N–H and O–H groups in total. The van der Waals surface area contributed by atoms with Crippen LogP contribution in [0, 0.1) is 0 Å². The first kappa shape index (κ1) is 14.5. The summed E-state index contributed by atoms with van der Waals surface area (Å²) < 4.78 is 0. The number of benzene rings is 1. The van der Waals surface area contributed by atoms with Gasteiger partial charge in [0.15, 0.2) is 0 Å². The Hall–Kier alpha value is -1.55. The molecule has 18 heavy (non-hydrogen) atoms. The smallest absolute Gasteiger partial charge is 0.224 e. The maximum Gasteiger partial charge on any atom is 0.224 e. The van der Waals surface area contributed by atoms with Crippen LogP contribution in [0.5, 0.6) is 5.75 Å². The van der Waals surface area contributed by atoms with E-state index in [4.69, 9.17) is 5.73 Å². The highest BCUT2D eigenvalue weighted by Gasteiger charge is 2.07. The van der Waals surface area contributed by atoms with Crippen LogP contribution in [0.25, 0.3) is 0 Å². The van der Waals surface area contributed by atoms with E-state index in [0.717, 1.165) is 24.8 Å². The summed E-state index contributed by atoms with van der Waals surface area (Å²) in [4.78, 5) is 11.7. The second kappa shape index (κ2) is 7.01. The summed E-state index contributed by atoms with van der Waals surface area (Å²) in [6.07, 6.45) is 2.89. The molecule has 1 rings (SSSR count). The Balaban J connectivity index is 2.53. The van der Waals surface area contributed by atoms with Crippen LogP contribution in [0.15, 0.2) is 18.2 Å². The van der Waals surface area contributed by atoms with Crippen molar-refractivity contribution < 1.29 is 9.90 Å². The van der Waals surface area contributed by atoms with E-state index in [0.29, 0.717) is 12.1 Å². The third kappa shape index (κ3) is 4.75. The summed E-state index contributed by atoms with van der Waals surface area (Å²) in [6.45, 7) is 3.95. The number of rotatable bonds is 6. The molecule has 0 saturated carbocycles. The predicted octanol–water partition coefficient (Wildman–Crippen LogP) is 2.41. The molecule has 4 nitrogen and oxygen atoms in total. The third-order valence-electron chi connectivity index (χ3n) is 2.81. The molecule has 1 amide bonds. The molecule has 0 aromatic heterocycles. The Morgan fingerprint density at radius 1 is 1.50 bits per heavy atom. The Bertz CT molecular complexity index is 403. The zero-order chi connectivity index (χ0) is 13.5. The van der Waals surface area contributed by atoms with Crippen molar-refractivity contribution >= 4 is 11.6 Å². The van der Waals surface area contributed by atoms with Crippen molar-refractivity contribution in [2.45, 2.75) is 45.6 Å². The number of aryl methyl sites for hydroxylation is 1. The van der Waals surface area contributed by atoms with Crippen LogP contribution in [0.1, 0.15) is 38.7 Å². The van der Waals surface area contributed by atoms with Gasteiger partial charge in [-0.1, -0.05) is 13.0 Å². The summed E-state index contributed by atoms with van der Waals surface area (Å²) >= 11 is 0. The summed E-state index contributed by atoms with van der Waals surface area (Å²) in [5.74, 6) is 0.0203. The molecule has 0 radical (unpaired) electrons. The summed E-state index contributed by atoms with van der Waals surface area (Å²) in [6, 6.07) is 5.38. The van der Waals surface area contributed by atoms with Gasteiger partial charge in [-0.25, -0.2) is 0 Å². The van der Waals surface area contributed by atoms with Crippen LogP contribution < -0.4 is 11.1 Å². The minimum absolute atomic E-state index is 0.0841. The van der Waals surface area contributed by atoms with Crippen LogP contribution in [0.3, 0.4) is 0 Å². The van der Waals surface area contributed by atoms with Gasteiger partial charge in [0.25, 0.3) is 0 Å². The number of aromatic hydroxyl groups is 1. The van der Waals surface area contributed by atoms with Crippen LogP contribution in [-0.2, 0) is 11.2 Å². The van der Waals surface area contributed by atoms with Crippen molar-refractivity contribution in [2.24, 2.45) is 5.73 Å². The first-order valence-corrected chi connectivity index (χ1v) is 6.40. The molecule has 0 aliphatic rings. The minimum Gasteiger partial charge on any atom is -0.506 e. The first-order valence-electron chi connectivity index (χ1n) is 6.40. The lowest BCUT2D eigenvalue weighted by atomic mass is 10.1. The van der Waals surface area contributed by atoms with E-state index in [1.54, 1.807) is 12.1 Å². The van der Waals surface area contributed by atoms with Crippen LogP contribution in [0.4, 0.5) is 5.69 Å². The summed E-state index contributed by atoms with van der Waals surface area (Å²) in [5, 5.41) is 12.4. The molecular weight excluding hydrogens is 228 g/mol. The van der Waals surface area contributed by atoms with Gasteiger partial charge in [-0.2, -0.15) is 0 Å². The molecule has 100 valence electrons. The molecule has 0 fully saturated rings. The number of hydrogen-bond donors (Lipinski definition) is 3. The van der Waals surface area contributed by atoms with Crippen molar-refractivity contribution in [2.75, 3.05) is 5.32 Å². The fourth-order valence-corrected chi connectivity index (χ4v) is 1.70. The Morgan fingerprint density at radius 2 is 2.22 bits per heavy atom. The van der Waals surface area contributed by atoms with E-state index in [-0.39, 0.29) is 17.7 Å². The third-order valence-corrected chi connectivity index (χ3v) is 2.81. The number of hydrogen-bond acceptors (Lipinski definition) is 3. The van der Waals surface area contributed by atoms with Crippen molar-refractivity contribution in [3.63, 3.8) is 0 Å². The first-order chi connectivity index (χ1) is 8.52. The molecule has 0 saturated heterocycles. The molecule has 4 heteroatoms. The quantitative estimate of drug-likeness (QED) is 0.679. The lowest BCUT2D eigenvalue weighted by molar-refractivity contribution is -0.116. The van der Waals surface area contributed by atoms with Crippen molar-refractivity contribution in [3.05, 3.63) is 23.8 Å². The average Bonchev–Trinajstić information content (AvgIpc) is 2.31. The van der Waals surface area contributed by atoms with Gasteiger partial charge in [0, 0.05) is 12.5 Å². The Kier molecular flexibility index (Phi) is 5.65. The lowest BCUT2D eigenvalue weighted by Crippen LogP contribution is -2.16.